The fourth-order valence-electron chi connectivity index (χ4n) is 2.41. The Morgan fingerprint density at radius 3 is 3.00 bits per heavy atom. The predicted molar refractivity (Wildman–Crippen MR) is 68.4 cm³/mol. The van der Waals surface area contributed by atoms with E-state index < -0.39 is 0 Å². The Bertz CT molecular complexity index is 391. The number of hydrogen-bond acceptors (Lipinski definition) is 2. The van der Waals surface area contributed by atoms with Crippen molar-refractivity contribution in [2.75, 3.05) is 13.1 Å². The van der Waals surface area contributed by atoms with E-state index in [-0.39, 0.29) is 5.92 Å². The average Bonchev–Trinajstić information content (AvgIpc) is 2.28. The second kappa shape index (κ2) is 4.83. The van der Waals surface area contributed by atoms with Crippen molar-refractivity contribution < 1.29 is 4.79 Å². The van der Waals surface area contributed by atoms with Crippen LogP contribution in [0.25, 0.3) is 0 Å². The largest absolute Gasteiger partial charge is 0.348 e. The Balaban J connectivity index is 2.12. The van der Waals surface area contributed by atoms with E-state index in [1.54, 1.807) is 0 Å². The topological polar surface area (TPSA) is 20.3 Å². The number of hydrogen-bond donors (Lipinski definition) is 0. The molecule has 1 aliphatic heterocycles. The lowest BCUT2D eigenvalue weighted by molar-refractivity contribution is 0.0872. The molecule has 0 aliphatic carbocycles. The highest BCUT2D eigenvalue weighted by molar-refractivity contribution is 6.05. The van der Waals surface area contributed by atoms with Crippen molar-refractivity contribution in [1.82, 2.24) is 4.81 Å². The van der Waals surface area contributed by atoms with Gasteiger partial charge in [0.05, 0.1) is 0 Å². The van der Waals surface area contributed by atoms with E-state index >= 15 is 0 Å². The molecule has 1 aliphatic rings. The van der Waals surface area contributed by atoms with E-state index in [0.717, 1.165) is 37.1 Å². The van der Waals surface area contributed by atoms with Crippen molar-refractivity contribution in [3.8, 4) is 0 Å². The van der Waals surface area contributed by atoms with Crippen LogP contribution in [0.15, 0.2) is 24.3 Å². The van der Waals surface area contributed by atoms with Crippen LogP contribution in [0.2, 0.25) is 0 Å². The quantitative estimate of drug-likeness (QED) is 0.549. The Kier molecular flexibility index (Phi) is 3.44. The summed E-state index contributed by atoms with van der Waals surface area (Å²) in [6.45, 7) is 4.06. The Morgan fingerprint density at radius 2 is 2.31 bits per heavy atom. The van der Waals surface area contributed by atoms with Crippen LogP contribution < -0.4 is 0 Å². The number of aryl methyl sites for hydroxylation is 1. The van der Waals surface area contributed by atoms with E-state index in [9.17, 15) is 4.79 Å². The van der Waals surface area contributed by atoms with Crippen molar-refractivity contribution in [2.24, 2.45) is 5.92 Å². The lowest BCUT2D eigenvalue weighted by Crippen LogP contribution is -2.37. The van der Waals surface area contributed by atoms with E-state index in [2.05, 4.69) is 12.8 Å². The number of piperidine rings is 1. The fraction of sp³-hybridized carbons (Fsp3) is 0.462. The summed E-state index contributed by atoms with van der Waals surface area (Å²) in [6.07, 6.45) is 2.18. The molecule has 3 heteroatoms. The number of carbonyl (C=O) groups excluding carboxylic acids is 1. The molecule has 0 bridgehead atoms. The maximum absolute atomic E-state index is 12.3. The summed E-state index contributed by atoms with van der Waals surface area (Å²) in [5.74, 6) is 0.510. The van der Waals surface area contributed by atoms with Gasteiger partial charge in [-0.2, -0.15) is 0 Å². The SMILES string of the molecule is BN1CCC[C@@H](C(=O)c2cccc(C)c2)C1. The van der Waals surface area contributed by atoms with Gasteiger partial charge in [-0.3, -0.25) is 4.79 Å². The molecule has 0 radical (unpaired) electrons. The zero-order valence-corrected chi connectivity index (χ0v) is 10.1. The summed E-state index contributed by atoms with van der Waals surface area (Å²) in [7, 11) is 2.09. The van der Waals surface area contributed by atoms with Crippen LogP contribution in [-0.2, 0) is 0 Å². The van der Waals surface area contributed by atoms with Crippen LogP contribution in [0.1, 0.15) is 28.8 Å². The molecule has 2 nitrogen and oxygen atoms in total. The molecule has 0 saturated carbocycles. The Labute approximate surface area is 98.1 Å². The minimum Gasteiger partial charge on any atom is -0.348 e. The van der Waals surface area contributed by atoms with Gasteiger partial charge >= 0.3 is 0 Å². The molecule has 1 saturated heterocycles. The minimum atomic E-state index is 0.195. The van der Waals surface area contributed by atoms with Crippen molar-refractivity contribution in [2.45, 2.75) is 19.8 Å². The van der Waals surface area contributed by atoms with Gasteiger partial charge in [-0.15, -0.1) is 0 Å². The Hall–Kier alpha value is -1.09. The lowest BCUT2D eigenvalue weighted by atomic mass is 9.88. The van der Waals surface area contributed by atoms with Gasteiger partial charge < -0.3 is 4.81 Å². The molecule has 84 valence electrons. The number of rotatable bonds is 2. The second-order valence-corrected chi connectivity index (χ2v) is 4.84. The van der Waals surface area contributed by atoms with Gasteiger partial charge in [0, 0.05) is 11.5 Å². The van der Waals surface area contributed by atoms with Gasteiger partial charge in [-0.25, -0.2) is 0 Å². The van der Waals surface area contributed by atoms with Crippen LogP contribution in [0.4, 0.5) is 0 Å². The Morgan fingerprint density at radius 1 is 1.50 bits per heavy atom. The second-order valence-electron chi connectivity index (χ2n) is 4.84. The molecule has 0 aromatic heterocycles. The van der Waals surface area contributed by atoms with Crippen LogP contribution in [0.3, 0.4) is 0 Å². The molecule has 1 aromatic carbocycles. The summed E-state index contributed by atoms with van der Waals surface area (Å²) in [6, 6.07) is 7.93. The van der Waals surface area contributed by atoms with Crippen molar-refractivity contribution >= 4 is 13.8 Å². The zero-order chi connectivity index (χ0) is 11.5. The van der Waals surface area contributed by atoms with Gasteiger partial charge in [-0.1, -0.05) is 23.8 Å². The minimum absolute atomic E-state index is 0.195. The van der Waals surface area contributed by atoms with Crippen LogP contribution in [0, 0.1) is 12.8 Å². The molecule has 0 spiro atoms. The summed E-state index contributed by atoms with van der Waals surface area (Å²) < 4.78 is 0. The van der Waals surface area contributed by atoms with E-state index in [4.69, 9.17) is 0 Å². The zero-order valence-electron chi connectivity index (χ0n) is 10.1. The molecule has 0 N–H and O–H groups in total. The lowest BCUT2D eigenvalue weighted by Gasteiger charge is -2.29. The van der Waals surface area contributed by atoms with Gasteiger partial charge in [0.25, 0.3) is 0 Å². The van der Waals surface area contributed by atoms with E-state index in [1.165, 1.54) is 0 Å². The molecule has 0 amide bonds. The first-order chi connectivity index (χ1) is 7.66. The molecule has 1 heterocycles. The third-order valence-corrected chi connectivity index (χ3v) is 3.30. The molecular weight excluding hydrogens is 197 g/mol. The highest BCUT2D eigenvalue weighted by Gasteiger charge is 2.24. The third-order valence-electron chi connectivity index (χ3n) is 3.30. The van der Waals surface area contributed by atoms with Crippen molar-refractivity contribution in [3.05, 3.63) is 35.4 Å². The number of carbonyl (C=O) groups is 1. The normalized spacial score (nSPS) is 21.9. The van der Waals surface area contributed by atoms with Crippen LogP contribution >= 0.6 is 0 Å². The first-order valence-corrected chi connectivity index (χ1v) is 5.96. The maximum Gasteiger partial charge on any atom is 0.185 e. The summed E-state index contributed by atoms with van der Waals surface area (Å²) >= 11 is 0. The fourth-order valence-corrected chi connectivity index (χ4v) is 2.41. The third kappa shape index (κ3) is 2.53. The maximum atomic E-state index is 12.3. The molecule has 16 heavy (non-hydrogen) atoms. The number of Topliss-reactive ketones (excluding diaryl/α,β-unsaturated/α-hetero) is 1. The van der Waals surface area contributed by atoms with Crippen LogP contribution in [0.5, 0.6) is 0 Å². The molecule has 0 unspecified atom stereocenters. The highest BCUT2D eigenvalue weighted by atomic mass is 16.1. The monoisotopic (exact) mass is 215 g/mol. The molecule has 1 atom stereocenters. The molecular formula is C13H18BNO. The smallest absolute Gasteiger partial charge is 0.185 e. The first kappa shape index (κ1) is 11.4. The first-order valence-electron chi connectivity index (χ1n) is 5.96. The molecule has 2 rings (SSSR count). The summed E-state index contributed by atoms with van der Waals surface area (Å²) in [5, 5.41) is 0. The predicted octanol–water partition coefficient (Wildman–Crippen LogP) is 1.44. The standard InChI is InChI=1S/C13H18BNO/c1-10-4-2-5-11(8-10)13(16)12-6-3-7-15(14)9-12/h2,4-5,8,12H,3,6-7,9,14H2,1H3/t12-/m1/s1. The van der Waals surface area contributed by atoms with Gasteiger partial charge in [0.1, 0.15) is 0 Å². The van der Waals surface area contributed by atoms with Crippen molar-refractivity contribution in [3.63, 3.8) is 0 Å². The van der Waals surface area contributed by atoms with E-state index in [0.29, 0.717) is 5.78 Å². The molecule has 1 fully saturated rings. The van der Waals surface area contributed by atoms with Gasteiger partial charge in [-0.05, 0) is 38.9 Å². The van der Waals surface area contributed by atoms with Gasteiger partial charge in [0.15, 0.2) is 13.8 Å². The number of ketones is 1. The summed E-state index contributed by atoms with van der Waals surface area (Å²) in [4.78, 5) is 14.5. The van der Waals surface area contributed by atoms with Gasteiger partial charge in [0.2, 0.25) is 0 Å². The van der Waals surface area contributed by atoms with Crippen molar-refractivity contribution in [1.29, 1.82) is 0 Å². The number of benzene rings is 1. The highest BCUT2D eigenvalue weighted by Crippen LogP contribution is 2.20. The number of nitrogens with zero attached hydrogens (tertiary/aromatic N) is 1. The summed E-state index contributed by atoms with van der Waals surface area (Å²) in [5.41, 5.74) is 2.04. The van der Waals surface area contributed by atoms with E-state index in [1.807, 2.05) is 31.2 Å². The van der Waals surface area contributed by atoms with Crippen LogP contribution in [-0.4, -0.2) is 31.7 Å². The average molecular weight is 215 g/mol. The molecule has 1 aromatic rings.